The minimum absolute atomic E-state index is 0.241. The molecule has 1 atom stereocenters. The fraction of sp³-hybridized carbons (Fsp3) is 0.312. The highest BCUT2D eigenvalue weighted by Gasteiger charge is 2.23. The Morgan fingerprint density at radius 2 is 2.32 bits per heavy atom. The van der Waals surface area contributed by atoms with Crippen LogP contribution in [0, 0.1) is 5.92 Å². The Balaban J connectivity index is 1.84. The molecule has 0 radical (unpaired) electrons. The van der Waals surface area contributed by atoms with Crippen molar-refractivity contribution in [3.63, 3.8) is 0 Å². The number of hydrogen-bond acceptors (Lipinski definition) is 4. The molecule has 1 aliphatic heterocycles. The lowest BCUT2D eigenvalue weighted by molar-refractivity contribution is 0.155. The lowest BCUT2D eigenvalue weighted by Crippen LogP contribution is -2.26. The highest BCUT2D eigenvalue weighted by molar-refractivity contribution is 5.84. The van der Waals surface area contributed by atoms with Gasteiger partial charge in [-0.15, -0.1) is 0 Å². The monoisotopic (exact) mass is 299 g/mol. The van der Waals surface area contributed by atoms with Crippen molar-refractivity contribution in [3.05, 3.63) is 36.0 Å². The first kappa shape index (κ1) is 14.3. The van der Waals surface area contributed by atoms with Crippen LogP contribution in [0.2, 0.25) is 0 Å². The molecule has 2 aromatic rings. The van der Waals surface area contributed by atoms with Gasteiger partial charge in [0.2, 0.25) is 5.88 Å². The van der Waals surface area contributed by atoms with Crippen molar-refractivity contribution < 1.29 is 14.6 Å². The van der Waals surface area contributed by atoms with Crippen molar-refractivity contribution in [2.75, 3.05) is 20.2 Å². The van der Waals surface area contributed by atoms with E-state index in [2.05, 4.69) is 16.0 Å². The fourth-order valence-electron chi connectivity index (χ4n) is 2.63. The minimum atomic E-state index is -0.850. The van der Waals surface area contributed by atoms with Crippen molar-refractivity contribution in [1.82, 2.24) is 14.9 Å². The van der Waals surface area contributed by atoms with Crippen molar-refractivity contribution in [1.29, 1.82) is 0 Å². The number of pyridine rings is 2. The molecular weight excluding hydrogens is 282 g/mol. The van der Waals surface area contributed by atoms with Crippen LogP contribution in [0.5, 0.6) is 5.88 Å². The maximum atomic E-state index is 10.9. The number of fused-ring (bicyclic) bond motifs is 1. The highest BCUT2D eigenvalue weighted by atomic mass is 16.5. The minimum Gasteiger partial charge on any atom is -0.481 e. The average Bonchev–Trinajstić information content (AvgIpc) is 3.01. The SMILES string of the molecule is COc1ccc2nccc(/C=C/C3CCN(C(=O)O)C3)c2n1. The largest absolute Gasteiger partial charge is 0.481 e. The molecule has 0 aromatic carbocycles. The van der Waals surface area contributed by atoms with Crippen LogP contribution in [0.25, 0.3) is 17.1 Å². The zero-order chi connectivity index (χ0) is 15.5. The second-order valence-corrected chi connectivity index (χ2v) is 5.26. The number of rotatable bonds is 3. The Bertz CT molecular complexity index is 730. The predicted octanol–water partition coefficient (Wildman–Crippen LogP) is 2.65. The number of methoxy groups -OCH3 is 1. The summed E-state index contributed by atoms with van der Waals surface area (Å²) in [5.41, 5.74) is 2.55. The maximum absolute atomic E-state index is 10.9. The molecule has 0 spiro atoms. The van der Waals surface area contributed by atoms with Crippen LogP contribution in [-0.4, -0.2) is 46.3 Å². The van der Waals surface area contributed by atoms with Crippen LogP contribution in [-0.2, 0) is 0 Å². The molecule has 1 aliphatic rings. The third-order valence-corrected chi connectivity index (χ3v) is 3.84. The number of carbonyl (C=O) groups is 1. The van der Waals surface area contributed by atoms with E-state index in [0.717, 1.165) is 23.0 Å². The number of hydrogen-bond donors (Lipinski definition) is 1. The van der Waals surface area contributed by atoms with E-state index in [1.54, 1.807) is 19.4 Å². The van der Waals surface area contributed by atoms with Gasteiger partial charge in [0.05, 0.1) is 18.1 Å². The van der Waals surface area contributed by atoms with Gasteiger partial charge in [-0.05, 0) is 24.5 Å². The zero-order valence-electron chi connectivity index (χ0n) is 12.3. The third-order valence-electron chi connectivity index (χ3n) is 3.84. The second kappa shape index (κ2) is 6.01. The van der Waals surface area contributed by atoms with Crippen molar-refractivity contribution >= 4 is 23.2 Å². The maximum Gasteiger partial charge on any atom is 0.407 e. The molecule has 6 nitrogen and oxygen atoms in total. The van der Waals surface area contributed by atoms with Gasteiger partial charge in [-0.3, -0.25) is 4.98 Å². The Morgan fingerprint density at radius 3 is 3.05 bits per heavy atom. The number of carboxylic acid groups (broad SMARTS) is 1. The van der Waals surface area contributed by atoms with Crippen molar-refractivity contribution in [2.24, 2.45) is 5.92 Å². The topological polar surface area (TPSA) is 75.5 Å². The number of ether oxygens (including phenoxy) is 1. The molecule has 0 aliphatic carbocycles. The van der Waals surface area contributed by atoms with E-state index in [1.807, 2.05) is 18.2 Å². The van der Waals surface area contributed by atoms with Crippen LogP contribution in [0.4, 0.5) is 4.79 Å². The average molecular weight is 299 g/mol. The van der Waals surface area contributed by atoms with E-state index in [4.69, 9.17) is 9.84 Å². The molecule has 1 fully saturated rings. The number of amides is 1. The summed E-state index contributed by atoms with van der Waals surface area (Å²) in [4.78, 5) is 21.1. The first-order valence-electron chi connectivity index (χ1n) is 7.13. The zero-order valence-corrected chi connectivity index (χ0v) is 12.3. The number of nitrogens with zero attached hydrogens (tertiary/aromatic N) is 3. The lowest BCUT2D eigenvalue weighted by Gasteiger charge is -2.09. The molecule has 2 aromatic heterocycles. The summed E-state index contributed by atoms with van der Waals surface area (Å²) >= 11 is 0. The summed E-state index contributed by atoms with van der Waals surface area (Å²) in [7, 11) is 1.58. The van der Waals surface area contributed by atoms with Crippen molar-refractivity contribution in [2.45, 2.75) is 6.42 Å². The van der Waals surface area contributed by atoms with E-state index in [0.29, 0.717) is 19.0 Å². The van der Waals surface area contributed by atoms with Gasteiger partial charge in [0.15, 0.2) is 0 Å². The molecule has 1 unspecified atom stereocenters. The molecular formula is C16H17N3O3. The van der Waals surface area contributed by atoms with E-state index < -0.39 is 6.09 Å². The predicted molar refractivity (Wildman–Crippen MR) is 82.8 cm³/mol. The van der Waals surface area contributed by atoms with Crippen LogP contribution in [0.15, 0.2) is 30.5 Å². The van der Waals surface area contributed by atoms with Gasteiger partial charge in [0, 0.05) is 30.9 Å². The van der Waals surface area contributed by atoms with Gasteiger partial charge in [-0.2, -0.15) is 0 Å². The van der Waals surface area contributed by atoms with Gasteiger partial charge in [0.25, 0.3) is 0 Å². The smallest absolute Gasteiger partial charge is 0.407 e. The number of aromatic nitrogens is 2. The summed E-state index contributed by atoms with van der Waals surface area (Å²) in [6.07, 6.45) is 5.79. The molecule has 0 saturated carbocycles. The Labute approximate surface area is 128 Å². The van der Waals surface area contributed by atoms with Gasteiger partial charge in [-0.25, -0.2) is 9.78 Å². The molecule has 1 saturated heterocycles. The van der Waals surface area contributed by atoms with E-state index >= 15 is 0 Å². The molecule has 114 valence electrons. The van der Waals surface area contributed by atoms with Gasteiger partial charge in [-0.1, -0.05) is 12.2 Å². The van der Waals surface area contributed by atoms with E-state index in [9.17, 15) is 4.79 Å². The first-order chi connectivity index (χ1) is 10.7. The van der Waals surface area contributed by atoms with Gasteiger partial charge < -0.3 is 14.7 Å². The second-order valence-electron chi connectivity index (χ2n) is 5.26. The molecule has 3 heterocycles. The van der Waals surface area contributed by atoms with Crippen LogP contribution in [0.1, 0.15) is 12.0 Å². The normalized spacial score (nSPS) is 18.2. The molecule has 22 heavy (non-hydrogen) atoms. The van der Waals surface area contributed by atoms with Crippen molar-refractivity contribution in [3.8, 4) is 5.88 Å². The van der Waals surface area contributed by atoms with E-state index in [-0.39, 0.29) is 5.92 Å². The number of likely N-dealkylation sites (tertiary alicyclic amines) is 1. The Morgan fingerprint density at radius 1 is 1.45 bits per heavy atom. The Kier molecular flexibility index (Phi) is 3.91. The molecule has 6 heteroatoms. The summed E-state index contributed by atoms with van der Waals surface area (Å²) in [5, 5.41) is 8.98. The van der Waals surface area contributed by atoms with Crippen LogP contribution >= 0.6 is 0 Å². The Hall–Kier alpha value is -2.63. The van der Waals surface area contributed by atoms with Crippen LogP contribution < -0.4 is 4.74 Å². The molecule has 0 bridgehead atoms. The van der Waals surface area contributed by atoms with E-state index in [1.165, 1.54) is 4.90 Å². The molecule has 1 amide bonds. The molecule has 3 rings (SSSR count). The summed E-state index contributed by atoms with van der Waals surface area (Å²) in [6.45, 7) is 1.14. The summed E-state index contributed by atoms with van der Waals surface area (Å²) < 4.78 is 5.16. The standard InChI is InChI=1S/C16H17N3O3/c1-22-14-5-4-13-15(18-14)12(6-8-17-13)3-2-11-7-9-19(10-11)16(20)21/h2-6,8,11H,7,9-10H2,1H3,(H,20,21)/b3-2+. The quantitative estimate of drug-likeness (QED) is 0.943. The third kappa shape index (κ3) is 2.86. The lowest BCUT2D eigenvalue weighted by atomic mass is 10.1. The van der Waals surface area contributed by atoms with Crippen LogP contribution in [0.3, 0.4) is 0 Å². The highest BCUT2D eigenvalue weighted by Crippen LogP contribution is 2.22. The summed E-state index contributed by atoms with van der Waals surface area (Å²) in [5.74, 6) is 0.790. The van der Waals surface area contributed by atoms with Gasteiger partial charge in [0.1, 0.15) is 0 Å². The van der Waals surface area contributed by atoms with Gasteiger partial charge >= 0.3 is 6.09 Å². The summed E-state index contributed by atoms with van der Waals surface area (Å²) in [6, 6.07) is 5.56. The fourth-order valence-corrected chi connectivity index (χ4v) is 2.63. The first-order valence-corrected chi connectivity index (χ1v) is 7.13. The molecule has 1 N–H and O–H groups in total.